The molecule has 0 saturated heterocycles. The van der Waals surface area contributed by atoms with Crippen molar-refractivity contribution in [3.05, 3.63) is 46.8 Å². The first-order chi connectivity index (χ1) is 11.0. The van der Waals surface area contributed by atoms with Crippen molar-refractivity contribution in [3.8, 4) is 0 Å². The number of hydrogen-bond donors (Lipinski definition) is 1. The standard InChI is InChI=1S/C16H18N2O3S2/c1-3-12-8-9-15(22-12)23(20,21)18-13-7-5-4-6-11(13)10-14(18)16(19)17-2/h4-9,14H,3,10H2,1-2H3,(H,17,19). The number of para-hydroxylation sites is 1. The summed E-state index contributed by atoms with van der Waals surface area (Å²) >= 11 is 1.26. The number of amides is 1. The molecule has 0 spiro atoms. The van der Waals surface area contributed by atoms with Crippen molar-refractivity contribution in [3.63, 3.8) is 0 Å². The molecule has 1 aliphatic rings. The molecule has 1 aliphatic heterocycles. The number of thiophene rings is 1. The Hall–Kier alpha value is -1.86. The Kier molecular flexibility index (Phi) is 4.16. The molecule has 0 saturated carbocycles. The van der Waals surface area contributed by atoms with E-state index in [2.05, 4.69) is 5.32 Å². The molecule has 0 aliphatic carbocycles. The molecule has 1 amide bonds. The molecule has 1 N–H and O–H groups in total. The Morgan fingerprint density at radius 2 is 2.04 bits per heavy atom. The lowest BCUT2D eigenvalue weighted by Crippen LogP contribution is -2.46. The largest absolute Gasteiger partial charge is 0.357 e. The van der Waals surface area contributed by atoms with E-state index in [1.54, 1.807) is 18.2 Å². The van der Waals surface area contributed by atoms with Gasteiger partial charge in [0, 0.05) is 18.3 Å². The normalized spacial score (nSPS) is 17.1. The minimum atomic E-state index is -3.75. The Labute approximate surface area is 140 Å². The maximum atomic E-state index is 13.1. The van der Waals surface area contributed by atoms with Crippen LogP contribution < -0.4 is 9.62 Å². The highest BCUT2D eigenvalue weighted by atomic mass is 32.2. The smallest absolute Gasteiger partial charge is 0.274 e. The summed E-state index contributed by atoms with van der Waals surface area (Å²) in [5, 5.41) is 2.57. The maximum Gasteiger partial charge on any atom is 0.274 e. The Morgan fingerprint density at radius 3 is 2.70 bits per heavy atom. The van der Waals surface area contributed by atoms with Crippen LogP contribution in [0.3, 0.4) is 0 Å². The van der Waals surface area contributed by atoms with Crippen LogP contribution in [0.15, 0.2) is 40.6 Å². The topological polar surface area (TPSA) is 66.5 Å². The van der Waals surface area contributed by atoms with Crippen LogP contribution in [0.5, 0.6) is 0 Å². The second-order valence-corrected chi connectivity index (χ2v) is 8.55. The highest BCUT2D eigenvalue weighted by Crippen LogP contribution is 2.38. The third-order valence-corrected chi connectivity index (χ3v) is 7.49. The van der Waals surface area contributed by atoms with E-state index in [9.17, 15) is 13.2 Å². The number of carbonyl (C=O) groups excluding carboxylic acids is 1. The van der Waals surface area contributed by atoms with Gasteiger partial charge in [0.25, 0.3) is 10.0 Å². The molecule has 0 fully saturated rings. The van der Waals surface area contributed by atoms with E-state index in [4.69, 9.17) is 0 Å². The highest BCUT2D eigenvalue weighted by Gasteiger charge is 2.42. The number of likely N-dealkylation sites (N-methyl/N-ethyl adjacent to an activating group) is 1. The van der Waals surface area contributed by atoms with Crippen molar-refractivity contribution in [2.45, 2.75) is 30.0 Å². The monoisotopic (exact) mass is 350 g/mol. The van der Waals surface area contributed by atoms with Gasteiger partial charge in [-0.1, -0.05) is 25.1 Å². The van der Waals surface area contributed by atoms with Crippen LogP contribution in [0.1, 0.15) is 17.4 Å². The van der Waals surface area contributed by atoms with Gasteiger partial charge in [0.1, 0.15) is 10.3 Å². The summed E-state index contributed by atoms with van der Waals surface area (Å²) < 4.78 is 27.8. The average Bonchev–Trinajstić information content (AvgIpc) is 3.18. The summed E-state index contributed by atoms with van der Waals surface area (Å²) in [7, 11) is -2.23. The van der Waals surface area contributed by atoms with Crippen LogP contribution in [0.4, 0.5) is 5.69 Å². The predicted octanol–water partition coefficient (Wildman–Crippen LogP) is 2.18. The molecule has 3 rings (SSSR count). The second kappa shape index (κ2) is 5.98. The zero-order valence-corrected chi connectivity index (χ0v) is 14.6. The van der Waals surface area contributed by atoms with E-state index in [1.165, 1.54) is 22.7 Å². The van der Waals surface area contributed by atoms with Gasteiger partial charge in [0.2, 0.25) is 5.91 Å². The highest BCUT2D eigenvalue weighted by molar-refractivity contribution is 7.94. The van der Waals surface area contributed by atoms with E-state index >= 15 is 0 Å². The second-order valence-electron chi connectivity index (χ2n) is 5.34. The number of aryl methyl sites for hydroxylation is 1. The average molecular weight is 350 g/mol. The lowest BCUT2D eigenvalue weighted by molar-refractivity contribution is -0.121. The Bertz CT molecular complexity index is 843. The van der Waals surface area contributed by atoms with E-state index < -0.39 is 16.1 Å². The number of anilines is 1. The van der Waals surface area contributed by atoms with Crippen molar-refractivity contribution in [2.24, 2.45) is 0 Å². The predicted molar refractivity (Wildman–Crippen MR) is 91.4 cm³/mol. The quantitative estimate of drug-likeness (QED) is 0.919. The minimum absolute atomic E-state index is 0.278. The summed E-state index contributed by atoms with van der Waals surface area (Å²) in [6.45, 7) is 1.99. The fourth-order valence-electron chi connectivity index (χ4n) is 2.80. The first-order valence-electron chi connectivity index (χ1n) is 7.41. The van der Waals surface area contributed by atoms with Gasteiger partial charge in [0.15, 0.2) is 0 Å². The van der Waals surface area contributed by atoms with Crippen molar-refractivity contribution in [1.82, 2.24) is 5.32 Å². The molecule has 1 aromatic heterocycles. The number of hydrogen-bond acceptors (Lipinski definition) is 4. The van der Waals surface area contributed by atoms with Crippen molar-refractivity contribution < 1.29 is 13.2 Å². The molecule has 2 heterocycles. The Balaban J connectivity index is 2.11. The van der Waals surface area contributed by atoms with Gasteiger partial charge in [-0.15, -0.1) is 11.3 Å². The summed E-state index contributed by atoms with van der Waals surface area (Å²) in [6.07, 6.45) is 1.18. The SMILES string of the molecule is CCc1ccc(S(=O)(=O)N2c3ccccc3CC2C(=O)NC)s1. The molecule has 122 valence electrons. The molecule has 0 radical (unpaired) electrons. The number of carbonyl (C=O) groups is 1. The van der Waals surface area contributed by atoms with E-state index in [0.29, 0.717) is 12.1 Å². The number of benzene rings is 1. The van der Waals surface area contributed by atoms with E-state index in [0.717, 1.165) is 16.9 Å². The van der Waals surface area contributed by atoms with Gasteiger partial charge in [0.05, 0.1) is 5.69 Å². The van der Waals surface area contributed by atoms with Crippen molar-refractivity contribution in [1.29, 1.82) is 0 Å². The van der Waals surface area contributed by atoms with Crippen LogP contribution in [0.2, 0.25) is 0 Å². The number of nitrogens with zero attached hydrogens (tertiary/aromatic N) is 1. The molecule has 7 heteroatoms. The zero-order chi connectivity index (χ0) is 16.6. The maximum absolute atomic E-state index is 13.1. The number of nitrogens with one attached hydrogen (secondary N) is 1. The lowest BCUT2D eigenvalue weighted by atomic mass is 10.1. The molecular formula is C16H18N2O3S2. The fraction of sp³-hybridized carbons (Fsp3) is 0.312. The molecule has 1 unspecified atom stereocenters. The van der Waals surface area contributed by atoms with Gasteiger partial charge >= 0.3 is 0 Å². The van der Waals surface area contributed by atoms with Gasteiger partial charge in [-0.25, -0.2) is 8.42 Å². The zero-order valence-electron chi connectivity index (χ0n) is 12.9. The first kappa shape index (κ1) is 16.0. The van der Waals surface area contributed by atoms with Crippen molar-refractivity contribution >= 4 is 33.0 Å². The van der Waals surface area contributed by atoms with Crippen LogP contribution in [-0.2, 0) is 27.7 Å². The fourth-order valence-corrected chi connectivity index (χ4v) is 5.84. The van der Waals surface area contributed by atoms with Gasteiger partial charge in [-0.05, 0) is 30.2 Å². The lowest BCUT2D eigenvalue weighted by Gasteiger charge is -2.25. The van der Waals surface area contributed by atoms with Crippen molar-refractivity contribution in [2.75, 3.05) is 11.4 Å². The molecule has 5 nitrogen and oxygen atoms in total. The molecule has 1 atom stereocenters. The third kappa shape index (κ3) is 2.64. The van der Waals surface area contributed by atoms with E-state index in [1.807, 2.05) is 25.1 Å². The number of sulfonamides is 1. The summed E-state index contributed by atoms with van der Waals surface area (Å²) in [4.78, 5) is 13.2. The van der Waals surface area contributed by atoms with Crippen LogP contribution in [0, 0.1) is 0 Å². The summed E-state index contributed by atoms with van der Waals surface area (Å²) in [6, 6.07) is 9.98. The third-order valence-electron chi connectivity index (χ3n) is 3.97. The molecular weight excluding hydrogens is 332 g/mol. The van der Waals surface area contributed by atoms with Gasteiger partial charge < -0.3 is 5.32 Å². The number of fused-ring (bicyclic) bond motifs is 1. The van der Waals surface area contributed by atoms with Crippen LogP contribution >= 0.6 is 11.3 Å². The molecule has 1 aromatic carbocycles. The van der Waals surface area contributed by atoms with Gasteiger partial charge in [-0.2, -0.15) is 0 Å². The molecule has 23 heavy (non-hydrogen) atoms. The minimum Gasteiger partial charge on any atom is -0.357 e. The summed E-state index contributed by atoms with van der Waals surface area (Å²) in [5.41, 5.74) is 1.46. The van der Waals surface area contributed by atoms with Crippen LogP contribution in [0.25, 0.3) is 0 Å². The van der Waals surface area contributed by atoms with Gasteiger partial charge in [-0.3, -0.25) is 9.10 Å². The van der Waals surface area contributed by atoms with E-state index in [-0.39, 0.29) is 10.1 Å². The molecule has 2 aromatic rings. The summed E-state index contributed by atoms with van der Waals surface area (Å²) in [5.74, 6) is -0.294. The number of rotatable bonds is 4. The van der Waals surface area contributed by atoms with Crippen LogP contribution in [-0.4, -0.2) is 27.4 Å². The Morgan fingerprint density at radius 1 is 1.30 bits per heavy atom. The first-order valence-corrected chi connectivity index (χ1v) is 9.67. The molecule has 0 bridgehead atoms.